The normalized spacial score (nSPS) is 11.1. The van der Waals surface area contributed by atoms with Gasteiger partial charge in [0.1, 0.15) is 18.2 Å². The van der Waals surface area contributed by atoms with Crippen molar-refractivity contribution in [2.45, 2.75) is 30.5 Å². The van der Waals surface area contributed by atoms with Crippen LogP contribution in [0.4, 0.5) is 4.39 Å². The summed E-state index contributed by atoms with van der Waals surface area (Å²) in [5, 5.41) is 10.4. The van der Waals surface area contributed by atoms with Crippen molar-refractivity contribution in [1.29, 1.82) is 0 Å². The van der Waals surface area contributed by atoms with E-state index in [1.54, 1.807) is 22.8 Å². The molecular formula is C25H23FN2O3S. The zero-order valence-corrected chi connectivity index (χ0v) is 18.2. The van der Waals surface area contributed by atoms with Crippen LogP contribution in [0.5, 0.6) is 5.75 Å². The van der Waals surface area contributed by atoms with E-state index in [2.05, 4.69) is 4.98 Å². The summed E-state index contributed by atoms with van der Waals surface area (Å²) in [6, 6.07) is 21.3. The highest BCUT2D eigenvalue weighted by Crippen LogP contribution is 2.24. The maximum absolute atomic E-state index is 13.0. The molecule has 4 aromatic rings. The van der Waals surface area contributed by atoms with Crippen molar-refractivity contribution in [2.75, 3.05) is 6.61 Å². The maximum Gasteiger partial charge on any atom is 0.262 e. The van der Waals surface area contributed by atoms with Crippen molar-refractivity contribution in [3.05, 3.63) is 100 Å². The number of halogens is 1. The molecule has 0 unspecified atom stereocenters. The summed E-state index contributed by atoms with van der Waals surface area (Å²) in [7, 11) is 0. The number of ether oxygens (including phenoxy) is 1. The van der Waals surface area contributed by atoms with Gasteiger partial charge in [0.2, 0.25) is 0 Å². The molecule has 1 aromatic heterocycles. The van der Waals surface area contributed by atoms with Crippen LogP contribution >= 0.6 is 11.8 Å². The lowest BCUT2D eigenvalue weighted by Gasteiger charge is -2.13. The lowest BCUT2D eigenvalue weighted by atomic mass is 10.2. The van der Waals surface area contributed by atoms with E-state index in [0.717, 1.165) is 16.9 Å². The van der Waals surface area contributed by atoms with Gasteiger partial charge < -0.3 is 9.84 Å². The Balaban J connectivity index is 1.44. The minimum atomic E-state index is -0.265. The smallest absolute Gasteiger partial charge is 0.262 e. The molecule has 0 aliphatic heterocycles. The molecule has 0 bridgehead atoms. The third-order valence-electron chi connectivity index (χ3n) is 4.98. The van der Waals surface area contributed by atoms with E-state index in [4.69, 9.17) is 4.74 Å². The number of aromatic nitrogens is 2. The highest BCUT2D eigenvalue weighted by Gasteiger charge is 2.11. The van der Waals surface area contributed by atoms with E-state index >= 15 is 0 Å². The molecule has 5 nitrogen and oxygen atoms in total. The van der Waals surface area contributed by atoms with Crippen LogP contribution in [-0.4, -0.2) is 21.3 Å². The first kappa shape index (κ1) is 22.0. The Morgan fingerprint density at radius 2 is 1.69 bits per heavy atom. The number of rotatable bonds is 9. The molecule has 164 valence electrons. The van der Waals surface area contributed by atoms with Gasteiger partial charge >= 0.3 is 0 Å². The Morgan fingerprint density at radius 3 is 2.44 bits per heavy atom. The van der Waals surface area contributed by atoms with Crippen LogP contribution in [0.1, 0.15) is 17.5 Å². The second-order valence-corrected chi connectivity index (χ2v) is 8.24. The molecule has 0 saturated carbocycles. The van der Waals surface area contributed by atoms with Gasteiger partial charge in [-0.2, -0.15) is 0 Å². The van der Waals surface area contributed by atoms with Crippen molar-refractivity contribution < 1.29 is 14.2 Å². The number of aliphatic hydroxyl groups excluding tert-OH is 1. The molecule has 1 N–H and O–H groups in total. The van der Waals surface area contributed by atoms with Gasteiger partial charge in [-0.1, -0.05) is 48.2 Å². The predicted octanol–water partition coefficient (Wildman–Crippen LogP) is 4.79. The summed E-state index contributed by atoms with van der Waals surface area (Å²) >= 11 is 1.49. The second kappa shape index (κ2) is 10.4. The summed E-state index contributed by atoms with van der Waals surface area (Å²) in [5.41, 5.74) is 2.55. The number of fused-ring (bicyclic) bond motifs is 1. The lowest BCUT2D eigenvalue weighted by molar-refractivity contribution is 0.276. The first-order valence-corrected chi connectivity index (χ1v) is 11.3. The van der Waals surface area contributed by atoms with Crippen LogP contribution in [0.15, 0.2) is 82.7 Å². The monoisotopic (exact) mass is 450 g/mol. The topological polar surface area (TPSA) is 64.3 Å². The van der Waals surface area contributed by atoms with Crippen molar-refractivity contribution in [2.24, 2.45) is 0 Å². The van der Waals surface area contributed by atoms with Gasteiger partial charge in [-0.15, -0.1) is 0 Å². The quantitative estimate of drug-likeness (QED) is 0.293. The summed E-state index contributed by atoms with van der Waals surface area (Å²) in [6.45, 7) is 0.806. The van der Waals surface area contributed by atoms with Gasteiger partial charge in [-0.3, -0.25) is 9.36 Å². The Morgan fingerprint density at radius 1 is 0.969 bits per heavy atom. The van der Waals surface area contributed by atoms with Crippen LogP contribution in [0, 0.1) is 5.82 Å². The highest BCUT2D eigenvalue weighted by molar-refractivity contribution is 7.98. The number of hydrogen-bond donors (Lipinski definition) is 1. The largest absolute Gasteiger partial charge is 0.489 e. The van der Waals surface area contributed by atoms with Gasteiger partial charge in [0, 0.05) is 18.9 Å². The van der Waals surface area contributed by atoms with E-state index in [9.17, 15) is 14.3 Å². The van der Waals surface area contributed by atoms with Crippen molar-refractivity contribution in [3.8, 4) is 5.75 Å². The van der Waals surface area contributed by atoms with Gasteiger partial charge in [0.15, 0.2) is 5.16 Å². The number of aliphatic hydroxyl groups is 1. The van der Waals surface area contributed by atoms with E-state index in [0.29, 0.717) is 41.4 Å². The van der Waals surface area contributed by atoms with Crippen LogP contribution < -0.4 is 10.3 Å². The number of nitrogens with zero attached hydrogens (tertiary/aromatic N) is 2. The number of thioether (sulfide) groups is 1. The van der Waals surface area contributed by atoms with Crippen molar-refractivity contribution >= 4 is 22.7 Å². The fraction of sp³-hybridized carbons (Fsp3) is 0.200. The fourth-order valence-electron chi connectivity index (χ4n) is 3.26. The van der Waals surface area contributed by atoms with E-state index < -0.39 is 0 Å². The molecule has 0 amide bonds. The maximum atomic E-state index is 13.0. The standard InChI is InChI=1S/C25H23FN2O3S/c26-20-10-6-18(7-11-20)16-31-21-12-8-19(9-13-21)17-32-25-27-23-5-2-1-4-22(23)24(30)28(25)14-3-15-29/h1-2,4-13,29H,3,14-17H2. The van der Waals surface area contributed by atoms with Gasteiger partial charge in [-0.25, -0.2) is 9.37 Å². The summed E-state index contributed by atoms with van der Waals surface area (Å²) in [5.74, 6) is 1.10. The Bertz CT molecular complexity index is 1240. The van der Waals surface area contributed by atoms with Crippen LogP contribution in [0.3, 0.4) is 0 Å². The van der Waals surface area contributed by atoms with E-state index in [-0.39, 0.29) is 18.0 Å². The third-order valence-corrected chi connectivity index (χ3v) is 6.02. The average molecular weight is 451 g/mol. The highest BCUT2D eigenvalue weighted by atomic mass is 32.2. The SMILES string of the molecule is O=c1c2ccccc2nc(SCc2ccc(OCc3ccc(F)cc3)cc2)n1CCCO. The van der Waals surface area contributed by atoms with Crippen molar-refractivity contribution in [1.82, 2.24) is 9.55 Å². The molecule has 0 atom stereocenters. The van der Waals surface area contributed by atoms with E-state index in [1.807, 2.05) is 42.5 Å². The molecule has 3 aromatic carbocycles. The zero-order valence-electron chi connectivity index (χ0n) is 17.4. The number of benzene rings is 3. The molecule has 0 spiro atoms. The summed E-state index contributed by atoms with van der Waals surface area (Å²) < 4.78 is 20.4. The zero-order chi connectivity index (χ0) is 22.3. The molecular weight excluding hydrogens is 427 g/mol. The summed E-state index contributed by atoms with van der Waals surface area (Å²) in [6.07, 6.45) is 0.494. The van der Waals surface area contributed by atoms with Crippen LogP contribution in [0.2, 0.25) is 0 Å². The van der Waals surface area contributed by atoms with Gasteiger partial charge in [-0.05, 0) is 53.9 Å². The molecule has 1 heterocycles. The molecule has 0 aliphatic carbocycles. The van der Waals surface area contributed by atoms with Crippen LogP contribution in [-0.2, 0) is 18.9 Å². The second-order valence-electron chi connectivity index (χ2n) is 7.29. The predicted molar refractivity (Wildman–Crippen MR) is 124 cm³/mol. The summed E-state index contributed by atoms with van der Waals surface area (Å²) in [4.78, 5) is 17.6. The molecule has 0 radical (unpaired) electrons. The molecule has 4 rings (SSSR count). The average Bonchev–Trinajstić information content (AvgIpc) is 2.83. The van der Waals surface area contributed by atoms with E-state index in [1.165, 1.54) is 23.9 Å². The number of para-hydroxylation sites is 1. The lowest BCUT2D eigenvalue weighted by Crippen LogP contribution is -2.24. The Kier molecular flexibility index (Phi) is 7.19. The minimum absolute atomic E-state index is 0.0166. The molecule has 32 heavy (non-hydrogen) atoms. The fourth-order valence-corrected chi connectivity index (χ4v) is 4.24. The van der Waals surface area contributed by atoms with Gasteiger partial charge in [0.05, 0.1) is 10.9 Å². The van der Waals surface area contributed by atoms with Gasteiger partial charge in [0.25, 0.3) is 5.56 Å². The molecule has 7 heteroatoms. The Hall–Kier alpha value is -3.16. The first-order chi connectivity index (χ1) is 15.6. The molecule has 0 saturated heterocycles. The minimum Gasteiger partial charge on any atom is -0.489 e. The third kappa shape index (κ3) is 5.36. The first-order valence-electron chi connectivity index (χ1n) is 10.3. The van der Waals surface area contributed by atoms with Crippen LogP contribution in [0.25, 0.3) is 10.9 Å². The number of hydrogen-bond acceptors (Lipinski definition) is 5. The van der Waals surface area contributed by atoms with Crippen molar-refractivity contribution in [3.63, 3.8) is 0 Å². The molecule has 0 aliphatic rings. The Labute approximate surface area is 189 Å². The molecule has 0 fully saturated rings.